The number of thiophene rings is 1. The molecule has 2 heterocycles. The molecule has 2 aromatic rings. The summed E-state index contributed by atoms with van der Waals surface area (Å²) in [5.41, 5.74) is 3.95. The van der Waals surface area contributed by atoms with Crippen molar-refractivity contribution in [2.75, 3.05) is 11.4 Å². The average molecular weight is 448 g/mol. The second kappa shape index (κ2) is 9.02. The molecular formula is C26H29N3O2S. The summed E-state index contributed by atoms with van der Waals surface area (Å²) in [4.78, 5) is 34.5. The summed E-state index contributed by atoms with van der Waals surface area (Å²) in [6.07, 6.45) is 11.6. The Hall–Kier alpha value is -2.73. The van der Waals surface area contributed by atoms with Crippen LogP contribution in [0.15, 0.2) is 41.9 Å². The Balaban J connectivity index is 1.55. The third-order valence-electron chi connectivity index (χ3n) is 6.74. The van der Waals surface area contributed by atoms with E-state index in [4.69, 9.17) is 4.99 Å². The van der Waals surface area contributed by atoms with Gasteiger partial charge in [-0.3, -0.25) is 9.59 Å². The van der Waals surface area contributed by atoms with Gasteiger partial charge < -0.3 is 10.2 Å². The number of nitrogens with one attached hydrogen (secondary N) is 1. The van der Waals surface area contributed by atoms with Crippen molar-refractivity contribution < 1.29 is 9.59 Å². The Morgan fingerprint density at radius 3 is 2.75 bits per heavy atom. The molecule has 2 amide bonds. The van der Waals surface area contributed by atoms with E-state index in [1.54, 1.807) is 22.3 Å². The SMILES string of the molecule is C=CCN1C(=O)C(=Nc2sc3c(c2C(=O)NC2CCCCC2)CCCC3)c2ccccc21. The zero-order valence-electron chi connectivity index (χ0n) is 18.4. The summed E-state index contributed by atoms with van der Waals surface area (Å²) in [5.74, 6) is -0.145. The maximum atomic E-state index is 13.5. The molecular weight excluding hydrogens is 418 g/mol. The highest BCUT2D eigenvalue weighted by molar-refractivity contribution is 7.16. The molecule has 1 aliphatic heterocycles. The van der Waals surface area contributed by atoms with E-state index < -0.39 is 0 Å². The first-order valence-electron chi connectivity index (χ1n) is 11.7. The summed E-state index contributed by atoms with van der Waals surface area (Å²) in [5, 5.41) is 3.97. The van der Waals surface area contributed by atoms with Crippen LogP contribution in [0.3, 0.4) is 0 Å². The maximum Gasteiger partial charge on any atom is 0.277 e. The molecule has 2 aliphatic carbocycles. The number of hydrogen-bond acceptors (Lipinski definition) is 4. The topological polar surface area (TPSA) is 61.8 Å². The summed E-state index contributed by atoms with van der Waals surface area (Å²) >= 11 is 1.59. The minimum absolute atomic E-state index is 0.0164. The van der Waals surface area contributed by atoms with Crippen LogP contribution in [0.1, 0.15) is 71.3 Å². The molecule has 0 saturated heterocycles. The standard InChI is InChI=1S/C26H29N3O2S/c1-2-16-29-20-14-8-6-12-18(20)23(26(29)31)28-25-22(19-13-7-9-15-21(19)32-25)24(30)27-17-10-4-3-5-11-17/h2,6,8,12,14,17H,1,3-5,7,9-11,13,15-16H2,(H,27,30). The zero-order chi connectivity index (χ0) is 22.1. The smallest absolute Gasteiger partial charge is 0.277 e. The molecule has 0 spiro atoms. The van der Waals surface area contributed by atoms with E-state index in [1.807, 2.05) is 24.3 Å². The highest BCUT2D eigenvalue weighted by Crippen LogP contribution is 2.41. The van der Waals surface area contributed by atoms with Crippen molar-refractivity contribution in [2.24, 2.45) is 4.99 Å². The number of anilines is 1. The number of amides is 2. The molecule has 1 aromatic heterocycles. The molecule has 3 aliphatic rings. The lowest BCUT2D eigenvalue weighted by Crippen LogP contribution is -2.36. The van der Waals surface area contributed by atoms with Crippen LogP contribution in [0.5, 0.6) is 0 Å². The number of benzene rings is 1. The first-order chi connectivity index (χ1) is 15.7. The van der Waals surface area contributed by atoms with E-state index in [9.17, 15) is 9.59 Å². The summed E-state index contributed by atoms with van der Waals surface area (Å²) in [7, 11) is 0. The van der Waals surface area contributed by atoms with Crippen LogP contribution in [-0.4, -0.2) is 30.1 Å². The minimum atomic E-state index is -0.129. The molecule has 0 atom stereocenters. The fourth-order valence-electron chi connectivity index (χ4n) is 5.15. The van der Waals surface area contributed by atoms with Crippen LogP contribution in [0.4, 0.5) is 10.7 Å². The fourth-order valence-corrected chi connectivity index (χ4v) is 6.41. The van der Waals surface area contributed by atoms with E-state index in [-0.39, 0.29) is 17.9 Å². The van der Waals surface area contributed by atoms with Gasteiger partial charge in [0.25, 0.3) is 11.8 Å². The molecule has 5 nitrogen and oxygen atoms in total. The van der Waals surface area contributed by atoms with Gasteiger partial charge in [0, 0.05) is 23.0 Å². The molecule has 0 unspecified atom stereocenters. The normalized spacial score (nSPS) is 19.7. The molecule has 1 aromatic carbocycles. The molecule has 166 valence electrons. The first kappa shape index (κ1) is 21.1. The zero-order valence-corrected chi connectivity index (χ0v) is 19.2. The van der Waals surface area contributed by atoms with E-state index in [0.29, 0.717) is 22.8 Å². The first-order valence-corrected chi connectivity index (χ1v) is 12.5. The highest BCUT2D eigenvalue weighted by Gasteiger charge is 2.34. The molecule has 1 N–H and O–H groups in total. The van der Waals surface area contributed by atoms with Gasteiger partial charge in [-0.1, -0.05) is 43.5 Å². The second-order valence-electron chi connectivity index (χ2n) is 8.88. The van der Waals surface area contributed by atoms with E-state index in [2.05, 4.69) is 11.9 Å². The molecule has 32 heavy (non-hydrogen) atoms. The maximum absolute atomic E-state index is 13.5. The number of rotatable bonds is 5. The van der Waals surface area contributed by atoms with Gasteiger partial charge in [0.2, 0.25) is 0 Å². The van der Waals surface area contributed by atoms with Crippen LogP contribution >= 0.6 is 11.3 Å². The molecule has 5 rings (SSSR count). The summed E-state index contributed by atoms with van der Waals surface area (Å²) in [6, 6.07) is 7.97. The molecule has 1 fully saturated rings. The van der Waals surface area contributed by atoms with Crippen molar-refractivity contribution in [1.82, 2.24) is 5.32 Å². The third kappa shape index (κ3) is 3.81. The molecule has 6 heteroatoms. The quantitative estimate of drug-likeness (QED) is 0.629. The number of hydrogen-bond donors (Lipinski definition) is 1. The summed E-state index contributed by atoms with van der Waals surface area (Å²) < 4.78 is 0. The Morgan fingerprint density at radius 1 is 1.16 bits per heavy atom. The van der Waals surface area contributed by atoms with Gasteiger partial charge in [-0.15, -0.1) is 17.9 Å². The third-order valence-corrected chi connectivity index (χ3v) is 7.93. The van der Waals surface area contributed by atoms with Crippen LogP contribution in [0.25, 0.3) is 0 Å². The number of nitrogens with zero attached hydrogens (tertiary/aromatic N) is 2. The lowest BCUT2D eigenvalue weighted by atomic mass is 9.93. The van der Waals surface area contributed by atoms with Crippen molar-refractivity contribution in [3.05, 3.63) is 58.5 Å². The monoisotopic (exact) mass is 447 g/mol. The Kier molecular flexibility index (Phi) is 5.96. The lowest BCUT2D eigenvalue weighted by molar-refractivity contribution is -0.112. The Bertz CT molecular complexity index is 1090. The van der Waals surface area contributed by atoms with Crippen molar-refractivity contribution in [3.8, 4) is 0 Å². The van der Waals surface area contributed by atoms with Crippen molar-refractivity contribution >= 4 is 39.6 Å². The minimum Gasteiger partial charge on any atom is -0.349 e. The van der Waals surface area contributed by atoms with Gasteiger partial charge >= 0.3 is 0 Å². The highest BCUT2D eigenvalue weighted by atomic mass is 32.1. The van der Waals surface area contributed by atoms with Crippen LogP contribution in [0, 0.1) is 0 Å². The number of carbonyl (C=O) groups excluding carboxylic acids is 2. The fraction of sp³-hybridized carbons (Fsp3) is 0.423. The van der Waals surface area contributed by atoms with E-state index in [0.717, 1.165) is 55.3 Å². The van der Waals surface area contributed by atoms with Crippen LogP contribution in [-0.2, 0) is 17.6 Å². The molecule has 0 radical (unpaired) electrons. The number of para-hydroxylation sites is 1. The van der Waals surface area contributed by atoms with Gasteiger partial charge in [0.05, 0.1) is 11.3 Å². The van der Waals surface area contributed by atoms with E-state index >= 15 is 0 Å². The van der Waals surface area contributed by atoms with Crippen molar-refractivity contribution in [2.45, 2.75) is 63.8 Å². The number of aryl methyl sites for hydroxylation is 1. The average Bonchev–Trinajstić information content (AvgIpc) is 3.31. The molecule has 0 bridgehead atoms. The Labute approximate surface area is 193 Å². The van der Waals surface area contributed by atoms with Gasteiger partial charge in [-0.25, -0.2) is 4.99 Å². The van der Waals surface area contributed by atoms with E-state index in [1.165, 1.54) is 24.1 Å². The predicted molar refractivity (Wildman–Crippen MR) is 130 cm³/mol. The van der Waals surface area contributed by atoms with Gasteiger partial charge in [0.1, 0.15) is 10.7 Å². The van der Waals surface area contributed by atoms with Crippen LogP contribution in [0.2, 0.25) is 0 Å². The van der Waals surface area contributed by atoms with Gasteiger partial charge in [-0.05, 0) is 50.2 Å². The number of aliphatic imine (C=N–C) groups is 1. The van der Waals surface area contributed by atoms with Crippen molar-refractivity contribution in [1.29, 1.82) is 0 Å². The molecule has 1 saturated carbocycles. The lowest BCUT2D eigenvalue weighted by Gasteiger charge is -2.23. The largest absolute Gasteiger partial charge is 0.349 e. The van der Waals surface area contributed by atoms with Crippen molar-refractivity contribution in [3.63, 3.8) is 0 Å². The number of fused-ring (bicyclic) bond motifs is 2. The Morgan fingerprint density at radius 2 is 1.94 bits per heavy atom. The van der Waals surface area contributed by atoms with Gasteiger partial charge in [0.15, 0.2) is 0 Å². The summed E-state index contributed by atoms with van der Waals surface area (Å²) in [6.45, 7) is 4.23. The van der Waals surface area contributed by atoms with Gasteiger partial charge in [-0.2, -0.15) is 0 Å². The van der Waals surface area contributed by atoms with Crippen LogP contribution < -0.4 is 10.2 Å². The second-order valence-corrected chi connectivity index (χ2v) is 9.97. The predicted octanol–water partition coefficient (Wildman–Crippen LogP) is 5.34. The number of carbonyl (C=O) groups is 2.